The number of fused-ring (bicyclic) bond motifs is 1. The van der Waals surface area contributed by atoms with Crippen LogP contribution in [0.2, 0.25) is 0 Å². The molecule has 0 radical (unpaired) electrons. The predicted molar refractivity (Wildman–Crippen MR) is 96.7 cm³/mol. The lowest BCUT2D eigenvalue weighted by Crippen LogP contribution is -2.28. The molecule has 2 aromatic rings. The number of aromatic nitrogens is 2. The van der Waals surface area contributed by atoms with Crippen molar-refractivity contribution in [3.05, 3.63) is 47.0 Å². The Balaban J connectivity index is 1.86. The molecule has 0 atom stereocenters. The van der Waals surface area contributed by atoms with E-state index >= 15 is 0 Å². The second-order valence-corrected chi connectivity index (χ2v) is 6.53. The largest absolute Gasteiger partial charge is 0.349 e. The van der Waals surface area contributed by atoms with E-state index in [2.05, 4.69) is 15.6 Å². The van der Waals surface area contributed by atoms with E-state index in [0.717, 1.165) is 37.8 Å². The number of rotatable bonds is 6. The fraction of sp³-hybridized carbons (Fsp3) is 0.421. The minimum absolute atomic E-state index is 0.110. The number of benzene rings is 1. The second kappa shape index (κ2) is 8.28. The lowest BCUT2D eigenvalue weighted by molar-refractivity contribution is 0.0937. The first-order valence-corrected chi connectivity index (χ1v) is 9.15. The minimum Gasteiger partial charge on any atom is -0.349 e. The first-order valence-electron chi connectivity index (χ1n) is 9.15. The Hall–Kier alpha value is -2.77. The van der Waals surface area contributed by atoms with E-state index in [-0.39, 0.29) is 23.1 Å². The molecule has 0 fully saturated rings. The van der Waals surface area contributed by atoms with Crippen LogP contribution >= 0.6 is 0 Å². The summed E-state index contributed by atoms with van der Waals surface area (Å²) in [5, 5.41) is 5.23. The van der Waals surface area contributed by atoms with Crippen molar-refractivity contribution in [2.75, 3.05) is 11.9 Å². The van der Waals surface area contributed by atoms with Gasteiger partial charge in [-0.05, 0) is 37.8 Å². The fourth-order valence-electron chi connectivity index (χ4n) is 3.13. The lowest BCUT2D eigenvalue weighted by atomic mass is 10.1. The molecule has 0 saturated carbocycles. The van der Waals surface area contributed by atoms with Crippen LogP contribution in [0.15, 0.2) is 18.2 Å². The number of nitrogens with zero attached hydrogens (tertiary/aromatic N) is 2. The van der Waals surface area contributed by atoms with Crippen molar-refractivity contribution >= 4 is 17.5 Å². The monoisotopic (exact) mass is 376 g/mol. The molecule has 2 N–H and O–H groups in total. The van der Waals surface area contributed by atoms with Crippen LogP contribution in [-0.2, 0) is 13.0 Å². The van der Waals surface area contributed by atoms with Gasteiger partial charge in [0, 0.05) is 19.2 Å². The lowest BCUT2D eigenvalue weighted by Gasteiger charge is -2.17. The molecule has 2 heterocycles. The van der Waals surface area contributed by atoms with E-state index < -0.39 is 17.5 Å². The summed E-state index contributed by atoms with van der Waals surface area (Å²) >= 11 is 0. The standard InChI is InChI=1S/C19H22F2N4O2/c1-2-3-9-22-19(27)17-24-16(15-6-4-5-10-25(15)17)18(26)23-14-8-7-12(20)11-13(14)21/h7-8,11H,2-6,9-10H2,1H3,(H,22,27)(H,23,26). The zero-order valence-electron chi connectivity index (χ0n) is 15.1. The van der Waals surface area contributed by atoms with E-state index in [9.17, 15) is 18.4 Å². The highest BCUT2D eigenvalue weighted by Crippen LogP contribution is 2.23. The highest BCUT2D eigenvalue weighted by molar-refractivity contribution is 6.05. The maximum absolute atomic E-state index is 13.8. The normalized spacial score (nSPS) is 13.1. The number of hydrogen-bond acceptors (Lipinski definition) is 3. The third-order valence-corrected chi connectivity index (χ3v) is 4.53. The maximum Gasteiger partial charge on any atom is 0.287 e. The molecule has 2 amide bonds. The molecular formula is C19H22F2N4O2. The van der Waals surface area contributed by atoms with Gasteiger partial charge in [0.25, 0.3) is 11.8 Å². The summed E-state index contributed by atoms with van der Waals surface area (Å²) in [6, 6.07) is 2.92. The molecule has 144 valence electrons. The first kappa shape index (κ1) is 19.0. The number of anilines is 1. The van der Waals surface area contributed by atoms with Crippen molar-refractivity contribution in [3.8, 4) is 0 Å². The van der Waals surface area contributed by atoms with Crippen LogP contribution in [0.1, 0.15) is 59.4 Å². The molecule has 0 aliphatic carbocycles. The topological polar surface area (TPSA) is 76.0 Å². The Morgan fingerprint density at radius 3 is 2.78 bits per heavy atom. The molecule has 8 heteroatoms. The third-order valence-electron chi connectivity index (χ3n) is 4.53. The molecule has 0 saturated heterocycles. The number of halogens is 2. The van der Waals surface area contributed by atoms with Gasteiger partial charge in [-0.3, -0.25) is 9.59 Å². The SMILES string of the molecule is CCCCNC(=O)c1nc(C(=O)Nc2ccc(F)cc2F)c2n1CCCC2. The summed E-state index contributed by atoms with van der Waals surface area (Å²) in [6.07, 6.45) is 4.21. The smallest absolute Gasteiger partial charge is 0.287 e. The van der Waals surface area contributed by atoms with Crippen LogP contribution in [0.3, 0.4) is 0 Å². The van der Waals surface area contributed by atoms with Gasteiger partial charge < -0.3 is 15.2 Å². The van der Waals surface area contributed by atoms with Crippen LogP contribution in [0, 0.1) is 11.6 Å². The summed E-state index contributed by atoms with van der Waals surface area (Å²) in [5.74, 6) is -2.33. The fourth-order valence-corrected chi connectivity index (χ4v) is 3.13. The molecule has 27 heavy (non-hydrogen) atoms. The number of carbonyl (C=O) groups is 2. The number of hydrogen-bond donors (Lipinski definition) is 2. The summed E-state index contributed by atoms with van der Waals surface area (Å²) in [6.45, 7) is 3.18. The molecule has 1 aromatic heterocycles. The number of nitrogens with one attached hydrogen (secondary N) is 2. The average molecular weight is 376 g/mol. The third kappa shape index (κ3) is 4.15. The Kier molecular flexibility index (Phi) is 5.83. The molecule has 3 rings (SSSR count). The van der Waals surface area contributed by atoms with Crippen LogP contribution in [0.5, 0.6) is 0 Å². The zero-order chi connectivity index (χ0) is 19.4. The van der Waals surface area contributed by atoms with Gasteiger partial charge in [-0.15, -0.1) is 0 Å². The number of carbonyl (C=O) groups excluding carboxylic acids is 2. The van der Waals surface area contributed by atoms with Gasteiger partial charge in [0.1, 0.15) is 11.6 Å². The van der Waals surface area contributed by atoms with Gasteiger partial charge in [-0.1, -0.05) is 13.3 Å². The van der Waals surface area contributed by atoms with Gasteiger partial charge in [0.15, 0.2) is 11.5 Å². The van der Waals surface area contributed by atoms with Gasteiger partial charge in [-0.25, -0.2) is 13.8 Å². The Morgan fingerprint density at radius 1 is 1.22 bits per heavy atom. The van der Waals surface area contributed by atoms with E-state index in [0.29, 0.717) is 31.3 Å². The van der Waals surface area contributed by atoms with Gasteiger partial charge in [0.05, 0.1) is 11.4 Å². The van der Waals surface area contributed by atoms with E-state index in [1.165, 1.54) is 0 Å². The highest BCUT2D eigenvalue weighted by atomic mass is 19.1. The number of amides is 2. The van der Waals surface area contributed by atoms with Crippen molar-refractivity contribution < 1.29 is 18.4 Å². The maximum atomic E-state index is 13.8. The van der Waals surface area contributed by atoms with Crippen molar-refractivity contribution in [1.29, 1.82) is 0 Å². The predicted octanol–water partition coefficient (Wildman–Crippen LogP) is 3.28. The van der Waals surface area contributed by atoms with E-state index in [1.807, 2.05) is 6.92 Å². The van der Waals surface area contributed by atoms with Gasteiger partial charge in [0.2, 0.25) is 0 Å². The van der Waals surface area contributed by atoms with Crippen LogP contribution in [-0.4, -0.2) is 27.9 Å². The summed E-state index contributed by atoms with van der Waals surface area (Å²) in [7, 11) is 0. The first-order chi connectivity index (χ1) is 13.0. The summed E-state index contributed by atoms with van der Waals surface area (Å²) in [5.41, 5.74) is 0.647. The molecular weight excluding hydrogens is 354 g/mol. The average Bonchev–Trinajstić information content (AvgIpc) is 3.04. The molecule has 0 spiro atoms. The molecule has 6 nitrogen and oxygen atoms in total. The quantitative estimate of drug-likeness (QED) is 0.760. The molecule has 0 unspecified atom stereocenters. The van der Waals surface area contributed by atoms with Crippen molar-refractivity contribution in [2.45, 2.75) is 45.6 Å². The van der Waals surface area contributed by atoms with Crippen molar-refractivity contribution in [3.63, 3.8) is 0 Å². The van der Waals surface area contributed by atoms with E-state index in [1.54, 1.807) is 4.57 Å². The minimum atomic E-state index is -0.867. The summed E-state index contributed by atoms with van der Waals surface area (Å²) < 4.78 is 28.6. The van der Waals surface area contributed by atoms with Gasteiger partial charge >= 0.3 is 0 Å². The summed E-state index contributed by atoms with van der Waals surface area (Å²) in [4.78, 5) is 29.3. The van der Waals surface area contributed by atoms with Crippen LogP contribution < -0.4 is 10.6 Å². The Bertz CT molecular complexity index is 864. The molecule has 1 aromatic carbocycles. The number of imidazole rings is 1. The zero-order valence-corrected chi connectivity index (χ0v) is 15.1. The van der Waals surface area contributed by atoms with Crippen molar-refractivity contribution in [2.24, 2.45) is 0 Å². The molecule has 1 aliphatic heterocycles. The van der Waals surface area contributed by atoms with Crippen molar-refractivity contribution in [1.82, 2.24) is 14.9 Å². The van der Waals surface area contributed by atoms with Crippen LogP contribution in [0.4, 0.5) is 14.5 Å². The number of unbranched alkanes of at least 4 members (excludes halogenated alkanes) is 1. The van der Waals surface area contributed by atoms with Crippen LogP contribution in [0.25, 0.3) is 0 Å². The molecule has 1 aliphatic rings. The Morgan fingerprint density at radius 2 is 2.04 bits per heavy atom. The van der Waals surface area contributed by atoms with Gasteiger partial charge in [-0.2, -0.15) is 0 Å². The molecule has 0 bridgehead atoms. The Labute approximate surface area is 156 Å². The second-order valence-electron chi connectivity index (χ2n) is 6.53. The highest BCUT2D eigenvalue weighted by Gasteiger charge is 2.27. The van der Waals surface area contributed by atoms with E-state index in [4.69, 9.17) is 0 Å².